The van der Waals surface area contributed by atoms with Gasteiger partial charge in [0.1, 0.15) is 12.2 Å². The minimum Gasteiger partial charge on any atom is -0.462 e. The van der Waals surface area contributed by atoms with Crippen LogP contribution in [0.15, 0.2) is 0 Å². The Kier molecular flexibility index (Phi) is 13.0. The molecule has 4 fully saturated rings. The van der Waals surface area contributed by atoms with Gasteiger partial charge in [-0.1, -0.05) is 13.8 Å². The lowest BCUT2D eigenvalue weighted by Gasteiger charge is -2.48. The van der Waals surface area contributed by atoms with Crippen molar-refractivity contribution in [3.8, 4) is 0 Å². The van der Waals surface area contributed by atoms with Gasteiger partial charge in [0.2, 0.25) is 6.10 Å². The van der Waals surface area contributed by atoms with Crippen molar-refractivity contribution in [2.45, 2.75) is 166 Å². The van der Waals surface area contributed by atoms with Gasteiger partial charge >= 0.3 is 42.6 Å². The standard InChI is InChI=1S/C18H22F12O4.C15H22O7/c1-4-12(2,3)11(31)34-10-6-8(13(32,15(19,20)21)16(22,23)24)5-9(7-10)14(33,17(25,26)27)18(28,29)30;1-6-14(2,3)13(17)20-9-7-8(18-11(9)16)10-12(19-7)22-15(4,5)21-10/h8-10,32-33H,4-7H2,1-3H3;7-10,12H,6H2,1-5H3. The lowest BCUT2D eigenvalue weighted by molar-refractivity contribution is -0.405. The van der Waals surface area contributed by atoms with E-state index in [4.69, 9.17) is 28.4 Å². The van der Waals surface area contributed by atoms with Crippen LogP contribution >= 0.6 is 0 Å². The molecule has 56 heavy (non-hydrogen) atoms. The highest BCUT2D eigenvalue weighted by Gasteiger charge is 2.78. The van der Waals surface area contributed by atoms with Crippen molar-refractivity contribution in [3.05, 3.63) is 0 Å². The molecule has 0 aromatic heterocycles. The third-order valence-electron chi connectivity index (χ3n) is 10.8. The summed E-state index contributed by atoms with van der Waals surface area (Å²) in [5.74, 6) is -9.88. The normalized spacial score (nSPS) is 30.1. The van der Waals surface area contributed by atoms with Crippen molar-refractivity contribution >= 4 is 17.9 Å². The average Bonchev–Trinajstić information content (AvgIpc) is 3.62. The average molecular weight is 845 g/mol. The van der Waals surface area contributed by atoms with Crippen molar-refractivity contribution in [1.82, 2.24) is 0 Å². The highest BCUT2D eigenvalue weighted by Crippen LogP contribution is 2.58. The SMILES string of the molecule is CCC(C)(C)C(=O)OC1C(=O)OC2C3OC(C)(C)OC3OC12.CCC(C)(C)C(=O)OC1CC(C(O)(C(F)(F)F)C(F)(F)F)CC(C(O)(C(F)(F)F)C(F)(F)F)C1. The molecule has 23 heteroatoms. The minimum absolute atomic E-state index is 0.0184. The van der Waals surface area contributed by atoms with Crippen LogP contribution in [0, 0.1) is 22.7 Å². The second kappa shape index (κ2) is 15.2. The molecule has 3 aliphatic heterocycles. The molecule has 3 saturated heterocycles. The molecule has 0 radical (unpaired) electrons. The summed E-state index contributed by atoms with van der Waals surface area (Å²) in [6, 6.07) is 0. The Bertz CT molecular complexity index is 1380. The molecule has 0 spiro atoms. The molecule has 2 N–H and O–H groups in total. The van der Waals surface area contributed by atoms with Crippen LogP contribution in [0.4, 0.5) is 52.7 Å². The van der Waals surface area contributed by atoms with Crippen molar-refractivity contribution in [2.75, 3.05) is 0 Å². The fourth-order valence-electron chi connectivity index (χ4n) is 6.50. The van der Waals surface area contributed by atoms with Crippen LogP contribution in [-0.2, 0) is 42.8 Å². The van der Waals surface area contributed by atoms with Gasteiger partial charge in [0.05, 0.1) is 10.8 Å². The number of alkyl halides is 12. The van der Waals surface area contributed by atoms with Gasteiger partial charge in [0, 0.05) is 11.8 Å². The van der Waals surface area contributed by atoms with Crippen LogP contribution in [-0.4, -0.2) is 107 Å². The highest BCUT2D eigenvalue weighted by atomic mass is 19.4. The number of rotatable bonds is 8. The molecular formula is C33H44F12O11. The molecule has 7 atom stereocenters. The van der Waals surface area contributed by atoms with E-state index in [1.807, 2.05) is 6.92 Å². The molecule has 11 nitrogen and oxygen atoms in total. The van der Waals surface area contributed by atoms with Crippen molar-refractivity contribution in [1.29, 1.82) is 0 Å². The number of carbonyl (C=O) groups excluding carboxylic acids is 3. The largest absolute Gasteiger partial charge is 0.462 e. The van der Waals surface area contributed by atoms with Crippen LogP contribution in [0.1, 0.15) is 87.5 Å². The van der Waals surface area contributed by atoms with Crippen LogP contribution in [0.2, 0.25) is 0 Å². The summed E-state index contributed by atoms with van der Waals surface area (Å²) < 4.78 is 192. The molecule has 0 aromatic carbocycles. The maximum Gasteiger partial charge on any atom is 0.426 e. The van der Waals surface area contributed by atoms with Crippen LogP contribution < -0.4 is 0 Å². The zero-order chi connectivity index (χ0) is 43.6. The Morgan fingerprint density at radius 3 is 1.43 bits per heavy atom. The first-order valence-electron chi connectivity index (χ1n) is 17.3. The number of aliphatic hydroxyl groups is 2. The Labute approximate surface area is 312 Å². The van der Waals surface area contributed by atoms with E-state index in [2.05, 4.69) is 0 Å². The second-order valence-corrected chi connectivity index (χ2v) is 15.9. The first-order valence-corrected chi connectivity index (χ1v) is 17.3. The molecule has 4 aliphatic rings. The molecule has 0 bridgehead atoms. The van der Waals surface area contributed by atoms with Crippen molar-refractivity contribution < 1.29 is 106 Å². The van der Waals surface area contributed by atoms with Gasteiger partial charge in [-0.15, -0.1) is 0 Å². The number of ether oxygens (including phenoxy) is 6. The maximum atomic E-state index is 13.3. The van der Waals surface area contributed by atoms with Gasteiger partial charge in [-0.05, 0) is 73.6 Å². The van der Waals surface area contributed by atoms with E-state index in [9.17, 15) is 77.3 Å². The monoisotopic (exact) mass is 844 g/mol. The van der Waals surface area contributed by atoms with Crippen LogP contribution in [0.5, 0.6) is 0 Å². The lowest BCUT2D eigenvalue weighted by Crippen LogP contribution is -2.67. The van der Waals surface area contributed by atoms with Gasteiger partial charge < -0.3 is 38.6 Å². The number of hydrogen-bond donors (Lipinski definition) is 2. The van der Waals surface area contributed by atoms with E-state index in [0.717, 1.165) is 0 Å². The number of hydrogen-bond acceptors (Lipinski definition) is 11. The summed E-state index contributed by atoms with van der Waals surface area (Å²) >= 11 is 0. The van der Waals surface area contributed by atoms with E-state index >= 15 is 0 Å². The fourth-order valence-corrected chi connectivity index (χ4v) is 6.50. The molecular weight excluding hydrogens is 800 g/mol. The molecule has 0 amide bonds. The first-order chi connectivity index (χ1) is 24.9. The Hall–Kier alpha value is -2.63. The fraction of sp³-hybridized carbons (Fsp3) is 0.909. The van der Waals surface area contributed by atoms with Gasteiger partial charge in [0.15, 0.2) is 24.3 Å². The van der Waals surface area contributed by atoms with E-state index in [0.29, 0.717) is 6.42 Å². The summed E-state index contributed by atoms with van der Waals surface area (Å²) in [7, 11) is 0. The molecule has 3 heterocycles. The number of esters is 3. The summed E-state index contributed by atoms with van der Waals surface area (Å²) in [5, 5.41) is 19.2. The van der Waals surface area contributed by atoms with Gasteiger partial charge in [-0.25, -0.2) is 4.79 Å². The lowest BCUT2D eigenvalue weighted by atomic mass is 9.65. The Morgan fingerprint density at radius 1 is 0.661 bits per heavy atom. The second-order valence-electron chi connectivity index (χ2n) is 15.9. The molecule has 1 aliphatic carbocycles. The first kappa shape index (κ1) is 47.7. The van der Waals surface area contributed by atoms with E-state index in [1.165, 1.54) is 20.8 Å². The highest BCUT2D eigenvalue weighted by molar-refractivity contribution is 5.84. The Morgan fingerprint density at radius 2 is 1.05 bits per heavy atom. The topological polar surface area (TPSA) is 147 Å². The van der Waals surface area contributed by atoms with Crippen LogP contribution in [0.3, 0.4) is 0 Å². The third kappa shape index (κ3) is 8.85. The summed E-state index contributed by atoms with van der Waals surface area (Å²) in [4.78, 5) is 36.4. The van der Waals surface area contributed by atoms with Crippen molar-refractivity contribution in [3.63, 3.8) is 0 Å². The zero-order valence-electron chi connectivity index (χ0n) is 31.3. The number of carbonyl (C=O) groups is 3. The minimum atomic E-state index is -6.58. The maximum absolute atomic E-state index is 13.3. The smallest absolute Gasteiger partial charge is 0.426 e. The van der Waals surface area contributed by atoms with E-state index in [1.54, 1.807) is 27.7 Å². The summed E-state index contributed by atoms with van der Waals surface area (Å²) in [6.07, 6.45) is -36.9. The summed E-state index contributed by atoms with van der Waals surface area (Å²) in [6.45, 7) is 12.8. The molecule has 0 aromatic rings. The van der Waals surface area contributed by atoms with Gasteiger partial charge in [0.25, 0.3) is 11.2 Å². The predicted molar refractivity (Wildman–Crippen MR) is 161 cm³/mol. The molecule has 4 rings (SSSR count). The third-order valence-corrected chi connectivity index (χ3v) is 10.8. The van der Waals surface area contributed by atoms with Gasteiger partial charge in [-0.3, -0.25) is 9.59 Å². The van der Waals surface area contributed by atoms with E-state index < -0.39 is 138 Å². The molecule has 7 unspecified atom stereocenters. The predicted octanol–water partition coefficient (Wildman–Crippen LogP) is 6.60. The number of fused-ring (bicyclic) bond motifs is 3. The van der Waals surface area contributed by atoms with E-state index in [-0.39, 0.29) is 6.42 Å². The van der Waals surface area contributed by atoms with Crippen molar-refractivity contribution in [2.24, 2.45) is 22.7 Å². The summed E-state index contributed by atoms with van der Waals surface area (Å²) in [5.41, 5.74) is -13.6. The Balaban J connectivity index is 0.000000326. The molecule has 326 valence electrons. The quantitative estimate of drug-likeness (QED) is 0.155. The van der Waals surface area contributed by atoms with Crippen LogP contribution in [0.25, 0.3) is 0 Å². The number of halogens is 12. The van der Waals surface area contributed by atoms with Gasteiger partial charge in [-0.2, -0.15) is 52.7 Å². The molecule has 1 saturated carbocycles. The zero-order valence-corrected chi connectivity index (χ0v) is 31.3.